The quantitative estimate of drug-likeness (QED) is 0.803. The molecular weight excluding hydrogens is 252 g/mol. The number of hydrogen-bond donors (Lipinski definition) is 2. The van der Waals surface area contributed by atoms with Crippen molar-refractivity contribution in [3.63, 3.8) is 0 Å². The normalized spacial score (nSPS) is 15.7. The zero-order valence-electron chi connectivity index (χ0n) is 13.3. The molecule has 0 aliphatic carbocycles. The van der Waals surface area contributed by atoms with Gasteiger partial charge in [-0.3, -0.25) is 9.48 Å². The number of aromatic nitrogens is 2. The summed E-state index contributed by atoms with van der Waals surface area (Å²) >= 11 is 0. The summed E-state index contributed by atoms with van der Waals surface area (Å²) in [6.07, 6.45) is 4.66. The molecule has 5 heteroatoms. The maximum atomic E-state index is 12.2. The summed E-state index contributed by atoms with van der Waals surface area (Å²) in [5.41, 5.74) is 7.88. The van der Waals surface area contributed by atoms with E-state index < -0.39 is 0 Å². The number of amides is 1. The van der Waals surface area contributed by atoms with Crippen LogP contribution in [-0.2, 0) is 11.8 Å². The van der Waals surface area contributed by atoms with E-state index in [4.69, 9.17) is 5.73 Å². The number of carbonyl (C=O) groups is 1. The molecular formula is C15H28N4O. The van der Waals surface area contributed by atoms with Crippen LogP contribution in [0.4, 0.5) is 0 Å². The fourth-order valence-electron chi connectivity index (χ4n) is 2.25. The highest BCUT2D eigenvalue weighted by Crippen LogP contribution is 2.17. The van der Waals surface area contributed by atoms with E-state index in [1.807, 2.05) is 45.6 Å². The first-order valence-electron chi connectivity index (χ1n) is 7.37. The van der Waals surface area contributed by atoms with Gasteiger partial charge in [0.05, 0.1) is 12.2 Å². The Hall–Kier alpha value is -1.36. The molecule has 5 nitrogen and oxygen atoms in total. The van der Waals surface area contributed by atoms with Crippen molar-refractivity contribution < 1.29 is 4.79 Å². The Morgan fingerprint density at radius 3 is 2.55 bits per heavy atom. The lowest BCUT2D eigenvalue weighted by Gasteiger charge is -2.18. The average Bonchev–Trinajstić information content (AvgIpc) is 2.69. The molecule has 0 radical (unpaired) electrons. The summed E-state index contributed by atoms with van der Waals surface area (Å²) in [7, 11) is 1.91. The number of nitrogens with two attached hydrogens (primary N) is 1. The minimum absolute atomic E-state index is 0.00733. The van der Waals surface area contributed by atoms with Gasteiger partial charge in [-0.25, -0.2) is 0 Å². The van der Waals surface area contributed by atoms with Crippen LogP contribution in [-0.4, -0.2) is 21.7 Å². The predicted molar refractivity (Wildman–Crippen MR) is 81.2 cm³/mol. The molecule has 0 aromatic carbocycles. The van der Waals surface area contributed by atoms with E-state index in [0.717, 1.165) is 30.5 Å². The van der Waals surface area contributed by atoms with E-state index in [1.54, 1.807) is 0 Å². The first-order valence-corrected chi connectivity index (χ1v) is 7.37. The van der Waals surface area contributed by atoms with Crippen molar-refractivity contribution in [2.24, 2.45) is 18.7 Å². The molecule has 1 aromatic rings. The van der Waals surface area contributed by atoms with Crippen LogP contribution >= 0.6 is 0 Å². The summed E-state index contributed by atoms with van der Waals surface area (Å²) in [5.74, 6) is 0.124. The molecule has 1 aromatic heterocycles. The largest absolute Gasteiger partial charge is 0.349 e. The van der Waals surface area contributed by atoms with E-state index in [-0.39, 0.29) is 23.9 Å². The Bertz CT molecular complexity index is 439. The van der Waals surface area contributed by atoms with Crippen molar-refractivity contribution in [1.29, 1.82) is 0 Å². The molecule has 0 saturated heterocycles. The second-order valence-corrected chi connectivity index (χ2v) is 5.85. The van der Waals surface area contributed by atoms with Gasteiger partial charge in [0.25, 0.3) is 0 Å². The zero-order valence-corrected chi connectivity index (χ0v) is 13.3. The number of carbonyl (C=O) groups excluding carboxylic acids is 1. The van der Waals surface area contributed by atoms with Crippen molar-refractivity contribution in [1.82, 2.24) is 15.1 Å². The molecule has 0 aliphatic rings. The van der Waals surface area contributed by atoms with Crippen LogP contribution in [0.1, 0.15) is 57.3 Å². The highest BCUT2D eigenvalue weighted by Gasteiger charge is 2.18. The number of nitrogens with zero attached hydrogens (tertiary/aromatic N) is 2. The number of hydrogen-bond acceptors (Lipinski definition) is 3. The topological polar surface area (TPSA) is 72.9 Å². The van der Waals surface area contributed by atoms with Crippen molar-refractivity contribution in [3.8, 4) is 0 Å². The van der Waals surface area contributed by atoms with E-state index in [1.165, 1.54) is 0 Å². The lowest BCUT2D eigenvalue weighted by Crippen LogP contribution is -2.32. The van der Waals surface area contributed by atoms with Gasteiger partial charge in [-0.05, 0) is 33.6 Å². The molecule has 0 saturated carbocycles. The molecule has 20 heavy (non-hydrogen) atoms. The highest BCUT2D eigenvalue weighted by molar-refractivity contribution is 5.78. The van der Waals surface area contributed by atoms with Gasteiger partial charge in [-0.1, -0.05) is 13.3 Å². The molecule has 1 rings (SSSR count). The standard InChI is InChI=1S/C15H28N4O/c1-10(7-6-8-11(2)16)15(20)18-12(3)14-9-17-19(5)13(14)4/h9-12H,6-8,16H2,1-5H3,(H,18,20). The summed E-state index contributed by atoms with van der Waals surface area (Å²) in [6, 6.07) is 0.203. The van der Waals surface area contributed by atoms with Gasteiger partial charge in [0.1, 0.15) is 0 Å². The van der Waals surface area contributed by atoms with Gasteiger partial charge in [0.15, 0.2) is 0 Å². The predicted octanol–water partition coefficient (Wildman–Crippen LogP) is 2.06. The minimum Gasteiger partial charge on any atom is -0.349 e. The Kier molecular flexibility index (Phi) is 6.20. The smallest absolute Gasteiger partial charge is 0.223 e. The maximum Gasteiger partial charge on any atom is 0.223 e. The molecule has 0 fully saturated rings. The Balaban J connectivity index is 2.47. The third-order valence-electron chi connectivity index (χ3n) is 3.84. The van der Waals surface area contributed by atoms with Crippen molar-refractivity contribution >= 4 is 5.91 Å². The molecule has 3 atom stereocenters. The van der Waals surface area contributed by atoms with Crippen molar-refractivity contribution in [2.45, 2.75) is 59.0 Å². The van der Waals surface area contributed by atoms with E-state index in [9.17, 15) is 4.79 Å². The van der Waals surface area contributed by atoms with Crippen LogP contribution < -0.4 is 11.1 Å². The highest BCUT2D eigenvalue weighted by atomic mass is 16.1. The summed E-state index contributed by atoms with van der Waals surface area (Å²) in [6.45, 7) is 7.98. The minimum atomic E-state index is -0.00733. The van der Waals surface area contributed by atoms with Gasteiger partial charge < -0.3 is 11.1 Å². The summed E-state index contributed by atoms with van der Waals surface area (Å²) in [4.78, 5) is 12.2. The van der Waals surface area contributed by atoms with Crippen molar-refractivity contribution in [3.05, 3.63) is 17.5 Å². The average molecular weight is 280 g/mol. The first-order chi connectivity index (χ1) is 9.32. The zero-order chi connectivity index (χ0) is 15.3. The fourth-order valence-corrected chi connectivity index (χ4v) is 2.25. The molecule has 0 aliphatic heterocycles. The molecule has 1 heterocycles. The number of aryl methyl sites for hydroxylation is 1. The van der Waals surface area contributed by atoms with Crippen LogP contribution in [0.15, 0.2) is 6.20 Å². The lowest BCUT2D eigenvalue weighted by atomic mass is 10.0. The van der Waals surface area contributed by atoms with Crippen molar-refractivity contribution in [2.75, 3.05) is 0 Å². The molecule has 114 valence electrons. The van der Waals surface area contributed by atoms with Crippen LogP contribution in [0.3, 0.4) is 0 Å². The van der Waals surface area contributed by atoms with Gasteiger partial charge in [0, 0.05) is 30.3 Å². The van der Waals surface area contributed by atoms with E-state index >= 15 is 0 Å². The van der Waals surface area contributed by atoms with Gasteiger partial charge in [-0.2, -0.15) is 5.10 Å². The lowest BCUT2D eigenvalue weighted by molar-refractivity contribution is -0.125. The molecule has 3 N–H and O–H groups in total. The van der Waals surface area contributed by atoms with Gasteiger partial charge in [-0.15, -0.1) is 0 Å². The number of rotatable bonds is 7. The third-order valence-corrected chi connectivity index (χ3v) is 3.84. The molecule has 0 spiro atoms. The Labute approximate surface area is 121 Å². The van der Waals surface area contributed by atoms with Crippen LogP contribution in [0, 0.1) is 12.8 Å². The second-order valence-electron chi connectivity index (χ2n) is 5.85. The van der Waals surface area contributed by atoms with E-state index in [0.29, 0.717) is 0 Å². The van der Waals surface area contributed by atoms with Gasteiger partial charge in [0.2, 0.25) is 5.91 Å². The van der Waals surface area contributed by atoms with Crippen LogP contribution in [0.25, 0.3) is 0 Å². The van der Waals surface area contributed by atoms with Gasteiger partial charge >= 0.3 is 0 Å². The van der Waals surface area contributed by atoms with Crippen LogP contribution in [0.2, 0.25) is 0 Å². The molecule has 0 bridgehead atoms. The summed E-state index contributed by atoms with van der Waals surface area (Å²) in [5, 5.41) is 7.27. The Morgan fingerprint density at radius 2 is 2.05 bits per heavy atom. The molecule has 1 amide bonds. The second kappa shape index (κ2) is 7.43. The summed E-state index contributed by atoms with van der Waals surface area (Å²) < 4.78 is 1.82. The Morgan fingerprint density at radius 1 is 1.40 bits per heavy atom. The first kappa shape index (κ1) is 16.7. The fraction of sp³-hybridized carbons (Fsp3) is 0.733. The monoisotopic (exact) mass is 280 g/mol. The third kappa shape index (κ3) is 4.63. The SMILES string of the molecule is Cc1c(C(C)NC(=O)C(C)CCCC(C)N)cnn1C. The van der Waals surface area contributed by atoms with Crippen LogP contribution in [0.5, 0.6) is 0 Å². The molecule has 3 unspecified atom stereocenters. The number of nitrogens with one attached hydrogen (secondary N) is 1. The van der Waals surface area contributed by atoms with E-state index in [2.05, 4.69) is 10.4 Å². The maximum absolute atomic E-state index is 12.2.